The van der Waals surface area contributed by atoms with Crippen LogP contribution in [0.4, 0.5) is 19.6 Å². The van der Waals surface area contributed by atoms with Gasteiger partial charge in [-0.15, -0.1) is 11.3 Å². The topological polar surface area (TPSA) is 69.0 Å². The monoisotopic (exact) mass is 388 g/mol. The van der Waals surface area contributed by atoms with Gasteiger partial charge in [-0.2, -0.15) is 5.26 Å². The molecule has 1 amide bonds. The Labute approximate surface area is 159 Å². The maximum absolute atomic E-state index is 13.5. The van der Waals surface area contributed by atoms with E-state index in [1.165, 1.54) is 6.42 Å². The summed E-state index contributed by atoms with van der Waals surface area (Å²) < 4.78 is 27.0. The Hall–Kier alpha value is -2.53. The molecule has 1 heterocycles. The number of benzene rings is 1. The van der Waals surface area contributed by atoms with Crippen molar-refractivity contribution in [1.82, 2.24) is 10.3 Å². The van der Waals surface area contributed by atoms with Crippen LogP contribution in [0.2, 0.25) is 0 Å². The van der Waals surface area contributed by atoms with Crippen LogP contribution in [0.3, 0.4) is 0 Å². The number of halogens is 2. The lowest BCUT2D eigenvalue weighted by atomic mass is 9.53. The molecule has 27 heavy (non-hydrogen) atoms. The first-order valence-corrected chi connectivity index (χ1v) is 9.68. The van der Waals surface area contributed by atoms with Crippen molar-refractivity contribution in [3.05, 3.63) is 40.4 Å². The molecule has 0 unspecified atom stereocenters. The van der Waals surface area contributed by atoms with Crippen molar-refractivity contribution in [2.24, 2.45) is 5.41 Å². The molecule has 140 valence electrons. The fraction of sp³-hybridized carbons (Fsp3) is 0.421. The first kappa shape index (κ1) is 17.9. The molecule has 1 atom stereocenters. The Balaban J connectivity index is 1.56. The average Bonchev–Trinajstić information content (AvgIpc) is 2.91. The number of amides is 1. The highest BCUT2D eigenvalue weighted by atomic mass is 32.1. The minimum atomic E-state index is -0.785. The van der Waals surface area contributed by atoms with Gasteiger partial charge in [0.2, 0.25) is 5.13 Å². The van der Waals surface area contributed by atoms with E-state index < -0.39 is 11.6 Å². The molecule has 1 spiro atoms. The number of hydrogen-bond donors (Lipinski definition) is 1. The van der Waals surface area contributed by atoms with Crippen molar-refractivity contribution in [2.45, 2.75) is 45.1 Å². The lowest BCUT2D eigenvalue weighted by molar-refractivity contribution is -0.0147. The molecule has 2 aromatic rings. The first-order chi connectivity index (χ1) is 12.9. The third-order valence-corrected chi connectivity index (χ3v) is 6.68. The number of thiazole rings is 1. The van der Waals surface area contributed by atoms with Crippen molar-refractivity contribution >= 4 is 28.1 Å². The number of aromatic nitrogens is 1. The quantitative estimate of drug-likeness (QED) is 0.622. The molecule has 1 N–H and O–H groups in total. The van der Waals surface area contributed by atoms with Gasteiger partial charge >= 0.3 is 0 Å². The van der Waals surface area contributed by atoms with E-state index in [-0.39, 0.29) is 33.9 Å². The van der Waals surface area contributed by atoms with Gasteiger partial charge in [-0.25, -0.2) is 18.7 Å². The summed E-state index contributed by atoms with van der Waals surface area (Å²) in [5, 5.41) is 12.7. The molecule has 4 rings (SSSR count). The third kappa shape index (κ3) is 3.06. The molecule has 2 saturated carbocycles. The fourth-order valence-electron chi connectivity index (χ4n) is 3.95. The van der Waals surface area contributed by atoms with E-state index in [0.717, 1.165) is 60.1 Å². The number of nitrogens with zero attached hydrogens (tertiary/aromatic N) is 3. The second-order valence-electron chi connectivity index (χ2n) is 7.24. The van der Waals surface area contributed by atoms with E-state index >= 15 is 0 Å². The van der Waals surface area contributed by atoms with Gasteiger partial charge in [-0.1, -0.05) is 6.42 Å². The molecular formula is C19H18F2N4OS. The van der Waals surface area contributed by atoms with Crippen molar-refractivity contribution in [3.8, 4) is 6.19 Å². The number of aryl methyl sites for hydroxylation is 1. The van der Waals surface area contributed by atoms with Crippen molar-refractivity contribution < 1.29 is 13.6 Å². The zero-order valence-electron chi connectivity index (χ0n) is 14.8. The van der Waals surface area contributed by atoms with Gasteiger partial charge in [0.25, 0.3) is 5.91 Å². The second kappa shape index (κ2) is 6.57. The van der Waals surface area contributed by atoms with Crippen LogP contribution in [-0.4, -0.2) is 16.9 Å². The molecule has 0 radical (unpaired) electrons. The highest BCUT2D eigenvalue weighted by molar-refractivity contribution is 7.16. The summed E-state index contributed by atoms with van der Waals surface area (Å²) in [5.74, 6) is -1.83. The van der Waals surface area contributed by atoms with Gasteiger partial charge in [-0.3, -0.25) is 4.79 Å². The first-order valence-electron chi connectivity index (χ1n) is 8.86. The summed E-state index contributed by atoms with van der Waals surface area (Å²) >= 11 is 1.14. The predicted molar refractivity (Wildman–Crippen MR) is 97.7 cm³/mol. The van der Waals surface area contributed by atoms with E-state index in [9.17, 15) is 18.8 Å². The summed E-state index contributed by atoms with van der Waals surface area (Å²) in [6.45, 7) is 1.75. The van der Waals surface area contributed by atoms with Gasteiger partial charge in [0, 0.05) is 17.0 Å². The molecule has 8 heteroatoms. The van der Waals surface area contributed by atoms with E-state index in [4.69, 9.17) is 0 Å². The molecule has 2 aliphatic rings. The molecule has 0 saturated heterocycles. The molecule has 1 aromatic carbocycles. The Morgan fingerprint density at radius 1 is 1.33 bits per heavy atom. The van der Waals surface area contributed by atoms with Gasteiger partial charge in [-0.05, 0) is 50.2 Å². The smallest absolute Gasteiger partial charge is 0.271 e. The van der Waals surface area contributed by atoms with Crippen LogP contribution in [0.1, 0.15) is 47.5 Å². The number of nitrogens with one attached hydrogen (secondary N) is 1. The highest BCUT2D eigenvalue weighted by Crippen LogP contribution is 2.55. The molecule has 0 aliphatic heterocycles. The van der Waals surface area contributed by atoms with Crippen LogP contribution >= 0.6 is 11.3 Å². The minimum Gasteiger partial charge on any atom is -0.347 e. The van der Waals surface area contributed by atoms with Crippen LogP contribution in [0, 0.1) is 35.4 Å². The lowest BCUT2D eigenvalue weighted by Gasteiger charge is -2.56. The molecule has 5 nitrogen and oxygen atoms in total. The average molecular weight is 388 g/mol. The predicted octanol–water partition coefficient (Wildman–Crippen LogP) is 4.41. The van der Waals surface area contributed by atoms with Gasteiger partial charge in [0.1, 0.15) is 17.3 Å². The largest absolute Gasteiger partial charge is 0.347 e. The van der Waals surface area contributed by atoms with Crippen LogP contribution in [0.15, 0.2) is 18.2 Å². The van der Waals surface area contributed by atoms with Crippen LogP contribution in [0.25, 0.3) is 0 Å². The third-order valence-electron chi connectivity index (χ3n) is 5.72. The lowest BCUT2D eigenvalue weighted by Crippen LogP contribution is -2.58. The van der Waals surface area contributed by atoms with Gasteiger partial charge < -0.3 is 5.32 Å². The molecule has 2 aliphatic carbocycles. The van der Waals surface area contributed by atoms with Crippen molar-refractivity contribution in [3.63, 3.8) is 0 Å². The number of carbonyl (C=O) groups is 1. The van der Waals surface area contributed by atoms with Crippen molar-refractivity contribution in [2.75, 3.05) is 4.90 Å². The Bertz CT molecular complexity index is 922. The summed E-state index contributed by atoms with van der Waals surface area (Å²) in [7, 11) is 0. The second-order valence-corrected chi connectivity index (χ2v) is 8.43. The molecular weight excluding hydrogens is 370 g/mol. The maximum atomic E-state index is 13.5. The van der Waals surface area contributed by atoms with E-state index in [1.54, 1.807) is 6.92 Å². The number of carbonyl (C=O) groups excluding carboxylic acids is 1. The van der Waals surface area contributed by atoms with E-state index in [2.05, 4.69) is 10.3 Å². The Morgan fingerprint density at radius 2 is 2.04 bits per heavy atom. The summed E-state index contributed by atoms with van der Waals surface area (Å²) in [4.78, 5) is 18.6. The fourth-order valence-corrected chi connectivity index (χ4v) is 4.83. The standard InChI is InChI=1S/C19H18F2N4OS/c1-11-16(17(26)23-15-3-6-19(15)4-2-5-19)24-18(27-11)25(10-22)14-8-12(20)7-13(21)9-14/h7-9,15H,2-6H2,1H3,(H,23,26)/t15-/m0/s1. The molecule has 1 aromatic heterocycles. The number of nitriles is 1. The van der Waals surface area contributed by atoms with Crippen molar-refractivity contribution in [1.29, 1.82) is 5.26 Å². The Kier molecular flexibility index (Phi) is 4.35. The van der Waals surface area contributed by atoms with E-state index in [0.29, 0.717) is 4.88 Å². The normalized spacial score (nSPS) is 19.7. The van der Waals surface area contributed by atoms with Crippen LogP contribution in [0.5, 0.6) is 0 Å². The number of anilines is 2. The highest BCUT2D eigenvalue weighted by Gasteiger charge is 2.51. The van der Waals surface area contributed by atoms with Gasteiger partial charge in [0.15, 0.2) is 6.19 Å². The zero-order chi connectivity index (χ0) is 19.2. The Morgan fingerprint density at radius 3 is 2.56 bits per heavy atom. The summed E-state index contributed by atoms with van der Waals surface area (Å²) in [6, 6.07) is 3.03. The summed E-state index contributed by atoms with van der Waals surface area (Å²) in [6.07, 6.45) is 7.55. The summed E-state index contributed by atoms with van der Waals surface area (Å²) in [5.41, 5.74) is 0.567. The van der Waals surface area contributed by atoms with Crippen LogP contribution < -0.4 is 10.2 Å². The van der Waals surface area contributed by atoms with Gasteiger partial charge in [0.05, 0.1) is 5.69 Å². The number of rotatable bonds is 4. The van der Waals surface area contributed by atoms with E-state index in [1.807, 2.05) is 6.19 Å². The molecule has 2 fully saturated rings. The van der Waals surface area contributed by atoms with Crippen LogP contribution in [-0.2, 0) is 0 Å². The zero-order valence-corrected chi connectivity index (χ0v) is 15.6. The SMILES string of the molecule is Cc1sc(N(C#N)c2cc(F)cc(F)c2)nc1C(=O)N[C@H]1CCC12CCC2. The number of hydrogen-bond acceptors (Lipinski definition) is 5. The minimum absolute atomic E-state index is 0.0307. The maximum Gasteiger partial charge on any atom is 0.271 e. The molecule has 0 bridgehead atoms.